The van der Waals surface area contributed by atoms with Crippen molar-refractivity contribution >= 4 is 5.97 Å². The molecular formula is C14H25NO4. The third kappa shape index (κ3) is 3.91. The van der Waals surface area contributed by atoms with Crippen molar-refractivity contribution in [1.82, 2.24) is 5.32 Å². The van der Waals surface area contributed by atoms with Gasteiger partial charge in [-0.25, -0.2) is 0 Å². The molecule has 0 aromatic carbocycles. The summed E-state index contributed by atoms with van der Waals surface area (Å²) < 4.78 is 0. The van der Waals surface area contributed by atoms with Crippen LogP contribution in [-0.2, 0) is 4.79 Å². The van der Waals surface area contributed by atoms with E-state index in [9.17, 15) is 15.0 Å². The van der Waals surface area contributed by atoms with Crippen LogP contribution in [0.25, 0.3) is 0 Å². The quantitative estimate of drug-likeness (QED) is 0.592. The van der Waals surface area contributed by atoms with Gasteiger partial charge in [-0.3, -0.25) is 4.79 Å². The monoisotopic (exact) mass is 271 g/mol. The van der Waals surface area contributed by atoms with Crippen molar-refractivity contribution in [2.24, 2.45) is 11.8 Å². The van der Waals surface area contributed by atoms with Crippen LogP contribution in [0, 0.1) is 11.8 Å². The van der Waals surface area contributed by atoms with Crippen LogP contribution in [0.5, 0.6) is 0 Å². The molecule has 2 rings (SSSR count). The molecule has 0 aromatic rings. The van der Waals surface area contributed by atoms with Gasteiger partial charge in [-0.2, -0.15) is 0 Å². The molecule has 0 aromatic heterocycles. The van der Waals surface area contributed by atoms with E-state index in [2.05, 4.69) is 5.32 Å². The maximum atomic E-state index is 10.9. The van der Waals surface area contributed by atoms with Gasteiger partial charge in [0.25, 0.3) is 0 Å². The van der Waals surface area contributed by atoms with Gasteiger partial charge in [-0.1, -0.05) is 6.42 Å². The van der Waals surface area contributed by atoms with Crippen molar-refractivity contribution in [1.29, 1.82) is 0 Å². The van der Waals surface area contributed by atoms with Gasteiger partial charge in [0.1, 0.15) is 0 Å². The molecule has 0 saturated heterocycles. The summed E-state index contributed by atoms with van der Waals surface area (Å²) in [5.74, 6) is -0.736. The Hall–Kier alpha value is -0.650. The lowest BCUT2D eigenvalue weighted by Gasteiger charge is -2.35. The van der Waals surface area contributed by atoms with Crippen molar-refractivity contribution < 1.29 is 20.1 Å². The molecular weight excluding hydrogens is 246 g/mol. The van der Waals surface area contributed by atoms with E-state index < -0.39 is 11.6 Å². The Bertz CT molecular complexity index is 313. The van der Waals surface area contributed by atoms with Gasteiger partial charge in [0.15, 0.2) is 0 Å². The summed E-state index contributed by atoms with van der Waals surface area (Å²) in [5.41, 5.74) is -0.768. The molecule has 5 nitrogen and oxygen atoms in total. The van der Waals surface area contributed by atoms with Crippen molar-refractivity contribution in [3.8, 4) is 0 Å². The fourth-order valence-electron chi connectivity index (χ4n) is 3.32. The molecule has 2 fully saturated rings. The maximum absolute atomic E-state index is 10.9. The molecule has 2 saturated carbocycles. The minimum Gasteiger partial charge on any atom is -0.481 e. The molecule has 110 valence electrons. The average Bonchev–Trinajstić information content (AvgIpc) is 2.75. The summed E-state index contributed by atoms with van der Waals surface area (Å²) in [6.45, 7) is 1.24. The van der Waals surface area contributed by atoms with E-state index in [-0.39, 0.29) is 12.0 Å². The molecule has 0 heterocycles. The van der Waals surface area contributed by atoms with Gasteiger partial charge in [0.05, 0.1) is 17.6 Å². The average molecular weight is 271 g/mol. The first-order valence-corrected chi connectivity index (χ1v) is 7.34. The van der Waals surface area contributed by atoms with Gasteiger partial charge in [0, 0.05) is 13.1 Å². The third-order valence-electron chi connectivity index (χ3n) is 4.75. The lowest BCUT2D eigenvalue weighted by molar-refractivity contribution is -0.144. The molecule has 2 atom stereocenters. The number of aliphatic hydroxyl groups excluding tert-OH is 1. The van der Waals surface area contributed by atoms with E-state index in [1.54, 1.807) is 0 Å². The van der Waals surface area contributed by atoms with Crippen LogP contribution < -0.4 is 5.32 Å². The van der Waals surface area contributed by atoms with Crippen LogP contribution in [0.15, 0.2) is 0 Å². The number of aliphatic carboxylic acids is 1. The van der Waals surface area contributed by atoms with Crippen LogP contribution in [0.2, 0.25) is 0 Å². The molecule has 19 heavy (non-hydrogen) atoms. The van der Waals surface area contributed by atoms with Crippen LogP contribution in [-0.4, -0.2) is 46.1 Å². The number of carboxylic acids is 1. The van der Waals surface area contributed by atoms with Crippen molar-refractivity contribution in [3.63, 3.8) is 0 Å². The molecule has 5 heteroatoms. The van der Waals surface area contributed by atoms with Gasteiger partial charge >= 0.3 is 5.97 Å². The van der Waals surface area contributed by atoms with Crippen LogP contribution in [0.3, 0.4) is 0 Å². The zero-order valence-corrected chi connectivity index (χ0v) is 11.3. The lowest BCUT2D eigenvalue weighted by atomic mass is 9.79. The van der Waals surface area contributed by atoms with E-state index in [1.165, 1.54) is 0 Å². The van der Waals surface area contributed by atoms with Crippen LogP contribution in [0.1, 0.15) is 44.9 Å². The summed E-state index contributed by atoms with van der Waals surface area (Å²) in [6, 6.07) is 0. The molecule has 0 aliphatic heterocycles. The second-order valence-corrected chi connectivity index (χ2v) is 6.23. The summed E-state index contributed by atoms with van der Waals surface area (Å²) in [5, 5.41) is 32.3. The topological polar surface area (TPSA) is 89.8 Å². The molecule has 2 unspecified atom stereocenters. The van der Waals surface area contributed by atoms with E-state index in [4.69, 9.17) is 5.11 Å². The Labute approximate surface area is 114 Å². The molecule has 2 aliphatic rings. The second-order valence-electron chi connectivity index (χ2n) is 6.23. The maximum Gasteiger partial charge on any atom is 0.306 e. The van der Waals surface area contributed by atoms with Crippen LogP contribution in [0.4, 0.5) is 0 Å². The van der Waals surface area contributed by atoms with E-state index in [1.807, 2.05) is 0 Å². The summed E-state index contributed by atoms with van der Waals surface area (Å²) in [4.78, 5) is 10.9. The number of nitrogens with one attached hydrogen (secondary N) is 1. The highest BCUT2D eigenvalue weighted by atomic mass is 16.4. The first-order chi connectivity index (χ1) is 9.00. The van der Waals surface area contributed by atoms with Gasteiger partial charge in [0.2, 0.25) is 0 Å². The number of carbonyl (C=O) groups is 1. The summed E-state index contributed by atoms with van der Waals surface area (Å²) in [7, 11) is 0. The zero-order valence-electron chi connectivity index (χ0n) is 11.3. The highest BCUT2D eigenvalue weighted by Gasteiger charge is 2.35. The molecule has 0 amide bonds. The third-order valence-corrected chi connectivity index (χ3v) is 4.75. The highest BCUT2D eigenvalue weighted by molar-refractivity contribution is 5.70. The molecule has 2 aliphatic carbocycles. The minimum atomic E-state index is -0.768. The van der Waals surface area contributed by atoms with Crippen molar-refractivity contribution in [2.75, 3.05) is 13.1 Å². The Kier molecular flexibility index (Phi) is 4.81. The Morgan fingerprint density at radius 1 is 1.21 bits per heavy atom. The number of rotatable bonds is 5. The summed E-state index contributed by atoms with van der Waals surface area (Å²) >= 11 is 0. The number of hydrogen-bond donors (Lipinski definition) is 4. The summed E-state index contributed by atoms with van der Waals surface area (Å²) in [6.07, 6.45) is 5.01. The molecule has 0 bridgehead atoms. The fraction of sp³-hybridized carbons (Fsp3) is 0.929. The largest absolute Gasteiger partial charge is 0.481 e. The van der Waals surface area contributed by atoms with Gasteiger partial charge < -0.3 is 20.6 Å². The zero-order chi connectivity index (χ0) is 13.9. The van der Waals surface area contributed by atoms with Crippen molar-refractivity contribution in [2.45, 2.75) is 56.7 Å². The molecule has 4 N–H and O–H groups in total. The predicted octanol–water partition coefficient (Wildman–Crippen LogP) is 0.743. The Balaban J connectivity index is 1.69. The molecule has 0 radical (unpaired) electrons. The highest BCUT2D eigenvalue weighted by Crippen LogP contribution is 2.32. The minimum absolute atomic E-state index is 0.204. The first kappa shape index (κ1) is 14.8. The second kappa shape index (κ2) is 6.20. The van der Waals surface area contributed by atoms with Crippen molar-refractivity contribution in [3.05, 3.63) is 0 Å². The fourth-order valence-corrected chi connectivity index (χ4v) is 3.32. The van der Waals surface area contributed by atoms with Crippen LogP contribution >= 0.6 is 0 Å². The first-order valence-electron chi connectivity index (χ1n) is 7.34. The van der Waals surface area contributed by atoms with Gasteiger partial charge in [-0.15, -0.1) is 0 Å². The number of hydrogen-bond acceptors (Lipinski definition) is 4. The number of carboxylic acid groups (broad SMARTS) is 1. The number of aliphatic hydroxyl groups is 2. The Morgan fingerprint density at radius 2 is 1.89 bits per heavy atom. The Morgan fingerprint density at radius 3 is 2.42 bits per heavy atom. The standard InChI is InChI=1S/C14H25NO4/c16-12-3-1-2-11(12)8-15-9-14(19)6-4-10(5-7-14)13(17)18/h10-12,15-16,19H,1-9H2,(H,17,18). The molecule has 0 spiro atoms. The van der Waals surface area contributed by atoms with E-state index in [0.29, 0.717) is 38.1 Å². The van der Waals surface area contributed by atoms with Gasteiger partial charge in [-0.05, 0) is 44.4 Å². The lowest BCUT2D eigenvalue weighted by Crippen LogP contribution is -2.45. The predicted molar refractivity (Wildman–Crippen MR) is 70.8 cm³/mol. The van der Waals surface area contributed by atoms with E-state index >= 15 is 0 Å². The normalized spacial score (nSPS) is 39.4. The van der Waals surface area contributed by atoms with E-state index in [0.717, 1.165) is 25.8 Å². The smallest absolute Gasteiger partial charge is 0.306 e. The SMILES string of the molecule is O=C(O)C1CCC(O)(CNCC2CCCC2O)CC1.